The molecule has 1 unspecified atom stereocenters. The summed E-state index contributed by atoms with van der Waals surface area (Å²) < 4.78 is 32.6. The van der Waals surface area contributed by atoms with Crippen LogP contribution in [0.15, 0.2) is 71.6 Å². The molecule has 0 aromatic heterocycles. The zero-order valence-electron chi connectivity index (χ0n) is 19.9. The fourth-order valence-corrected chi connectivity index (χ4v) is 5.30. The topological polar surface area (TPSA) is 92.8 Å². The molecule has 1 atom stereocenters. The number of hydrogen-bond donors (Lipinski definition) is 1. The number of rotatable bonds is 7. The van der Waals surface area contributed by atoms with Gasteiger partial charge in [-0.15, -0.1) is 0 Å². The number of aryl methyl sites for hydroxylation is 2. The maximum absolute atomic E-state index is 13.0. The maximum atomic E-state index is 13.0. The molecule has 1 N–H and O–H groups in total. The van der Waals surface area contributed by atoms with Gasteiger partial charge in [-0.1, -0.05) is 24.3 Å². The van der Waals surface area contributed by atoms with Crippen LogP contribution in [0.3, 0.4) is 0 Å². The smallest absolute Gasteiger partial charge is 0.311 e. The molecule has 4 rings (SSSR count). The van der Waals surface area contributed by atoms with Crippen molar-refractivity contribution in [3.63, 3.8) is 0 Å². The molecular weight excluding hydrogens is 464 g/mol. The highest BCUT2D eigenvalue weighted by atomic mass is 32.2. The van der Waals surface area contributed by atoms with E-state index in [-0.39, 0.29) is 23.1 Å². The molecule has 182 valence electrons. The average molecular weight is 493 g/mol. The number of hydrogen-bond acceptors (Lipinski definition) is 5. The van der Waals surface area contributed by atoms with E-state index in [0.717, 1.165) is 22.4 Å². The van der Waals surface area contributed by atoms with E-state index in [1.54, 1.807) is 42.5 Å². The van der Waals surface area contributed by atoms with Gasteiger partial charge >= 0.3 is 5.97 Å². The van der Waals surface area contributed by atoms with Crippen molar-refractivity contribution in [3.05, 3.63) is 83.4 Å². The number of amides is 1. The van der Waals surface area contributed by atoms with E-state index in [1.165, 1.54) is 11.4 Å². The third-order valence-corrected chi connectivity index (χ3v) is 8.16. The van der Waals surface area contributed by atoms with Gasteiger partial charge in [0.05, 0.1) is 10.6 Å². The van der Waals surface area contributed by atoms with Gasteiger partial charge in [0.1, 0.15) is 5.75 Å². The predicted molar refractivity (Wildman–Crippen MR) is 135 cm³/mol. The van der Waals surface area contributed by atoms with Crippen molar-refractivity contribution in [2.75, 3.05) is 16.7 Å². The summed E-state index contributed by atoms with van der Waals surface area (Å²) in [6.45, 7) is 3.80. The van der Waals surface area contributed by atoms with Gasteiger partial charge in [0.25, 0.3) is 10.0 Å². The Morgan fingerprint density at radius 2 is 1.74 bits per heavy atom. The highest BCUT2D eigenvalue weighted by Gasteiger charge is 2.27. The predicted octanol–water partition coefficient (Wildman–Crippen LogP) is 4.63. The van der Waals surface area contributed by atoms with Crippen molar-refractivity contribution < 1.29 is 22.7 Å². The molecule has 7 nitrogen and oxygen atoms in total. The van der Waals surface area contributed by atoms with Gasteiger partial charge in [-0.3, -0.25) is 13.9 Å². The average Bonchev–Trinajstić information content (AvgIpc) is 2.84. The fraction of sp³-hybridized carbons (Fsp3) is 0.259. The molecule has 0 saturated heterocycles. The molecular formula is C27H28N2O5S. The fourth-order valence-electron chi connectivity index (χ4n) is 4.02. The molecule has 0 bridgehead atoms. The number of nitrogens with zero attached hydrogens (tertiary/aromatic N) is 1. The van der Waals surface area contributed by atoms with Gasteiger partial charge in [0, 0.05) is 25.1 Å². The summed E-state index contributed by atoms with van der Waals surface area (Å²) in [5.41, 5.74) is 4.24. The Hall–Kier alpha value is -3.65. The second-order valence-corrected chi connectivity index (χ2v) is 10.7. The first-order valence-corrected chi connectivity index (χ1v) is 12.8. The summed E-state index contributed by atoms with van der Waals surface area (Å²) >= 11 is 0. The van der Waals surface area contributed by atoms with Crippen molar-refractivity contribution in [2.24, 2.45) is 5.92 Å². The lowest BCUT2D eigenvalue weighted by molar-refractivity contribution is -0.134. The first kappa shape index (κ1) is 24.5. The van der Waals surface area contributed by atoms with E-state index in [2.05, 4.69) is 5.32 Å². The van der Waals surface area contributed by atoms with Gasteiger partial charge < -0.3 is 10.1 Å². The van der Waals surface area contributed by atoms with E-state index < -0.39 is 16.0 Å². The van der Waals surface area contributed by atoms with Crippen LogP contribution >= 0.6 is 0 Å². The van der Waals surface area contributed by atoms with Crippen molar-refractivity contribution in [1.82, 2.24) is 0 Å². The first-order chi connectivity index (χ1) is 16.6. The highest BCUT2D eigenvalue weighted by Crippen LogP contribution is 2.28. The van der Waals surface area contributed by atoms with Crippen molar-refractivity contribution in [1.29, 1.82) is 0 Å². The number of para-hydroxylation sites is 1. The number of anilines is 2. The summed E-state index contributed by atoms with van der Waals surface area (Å²) in [7, 11) is -2.24. The summed E-state index contributed by atoms with van der Waals surface area (Å²) in [6, 6.07) is 19.0. The van der Waals surface area contributed by atoms with E-state index >= 15 is 0 Å². The van der Waals surface area contributed by atoms with Crippen LogP contribution in [0, 0.1) is 19.8 Å². The van der Waals surface area contributed by atoms with Gasteiger partial charge in [-0.2, -0.15) is 0 Å². The zero-order chi connectivity index (χ0) is 25.2. The number of sulfonamides is 1. The third-order valence-electron chi connectivity index (χ3n) is 6.38. The first-order valence-electron chi connectivity index (χ1n) is 11.4. The molecule has 0 radical (unpaired) electrons. The molecule has 3 aromatic carbocycles. The molecule has 8 heteroatoms. The standard InChI is InChI=1S/C27H28N2O5S/c1-18-8-14-24(16-19(18)2)35(32,33)29(3)22-10-12-23(13-11-22)34-26(30)15-9-21-17-20-6-4-5-7-25(20)28-27(21)31/h4-8,10-14,16,21H,9,15,17H2,1-3H3,(H,28,31). The Morgan fingerprint density at radius 1 is 1.03 bits per heavy atom. The molecule has 1 amide bonds. The van der Waals surface area contributed by atoms with E-state index in [1.807, 2.05) is 38.1 Å². The molecule has 0 spiro atoms. The van der Waals surface area contributed by atoms with Crippen LogP contribution < -0.4 is 14.4 Å². The van der Waals surface area contributed by atoms with E-state index in [9.17, 15) is 18.0 Å². The summed E-state index contributed by atoms with van der Waals surface area (Å²) in [5, 5.41) is 2.89. The van der Waals surface area contributed by atoms with Crippen LogP contribution in [0.25, 0.3) is 0 Å². The molecule has 1 heterocycles. The number of benzene rings is 3. The van der Waals surface area contributed by atoms with Crippen LogP contribution in [0.4, 0.5) is 11.4 Å². The lowest BCUT2D eigenvalue weighted by Gasteiger charge is -2.24. The minimum absolute atomic E-state index is 0.0890. The lowest BCUT2D eigenvalue weighted by Crippen LogP contribution is -2.30. The molecule has 3 aromatic rings. The van der Waals surface area contributed by atoms with Crippen molar-refractivity contribution in [3.8, 4) is 5.75 Å². The second kappa shape index (κ2) is 9.92. The monoisotopic (exact) mass is 492 g/mol. The summed E-state index contributed by atoms with van der Waals surface area (Å²) in [4.78, 5) is 24.9. The number of nitrogens with one attached hydrogen (secondary N) is 1. The van der Waals surface area contributed by atoms with Crippen LogP contribution in [0.2, 0.25) is 0 Å². The largest absolute Gasteiger partial charge is 0.427 e. The maximum Gasteiger partial charge on any atom is 0.311 e. The van der Waals surface area contributed by atoms with Gasteiger partial charge in [-0.05, 0) is 85.8 Å². The molecule has 0 fully saturated rings. The molecule has 1 aliphatic rings. The van der Waals surface area contributed by atoms with Gasteiger partial charge in [0.15, 0.2) is 0 Å². The Balaban J connectivity index is 1.35. The molecule has 0 saturated carbocycles. The lowest BCUT2D eigenvalue weighted by atomic mass is 9.90. The summed E-state index contributed by atoms with van der Waals surface area (Å²) in [5.74, 6) is -0.507. The molecule has 0 aliphatic carbocycles. The zero-order valence-corrected chi connectivity index (χ0v) is 20.8. The normalized spacial score (nSPS) is 15.2. The van der Waals surface area contributed by atoms with Crippen LogP contribution in [-0.4, -0.2) is 27.3 Å². The number of ether oxygens (including phenoxy) is 1. The number of esters is 1. The molecule has 1 aliphatic heterocycles. The Labute approximate surface area is 205 Å². The number of carbonyl (C=O) groups is 2. The summed E-state index contributed by atoms with van der Waals surface area (Å²) in [6.07, 6.45) is 1.07. The Bertz CT molecular complexity index is 1370. The van der Waals surface area contributed by atoms with Gasteiger partial charge in [-0.25, -0.2) is 8.42 Å². The minimum Gasteiger partial charge on any atom is -0.427 e. The third kappa shape index (κ3) is 5.38. The number of fused-ring (bicyclic) bond motifs is 1. The van der Waals surface area contributed by atoms with E-state index in [0.29, 0.717) is 24.3 Å². The van der Waals surface area contributed by atoms with Crippen LogP contribution in [0.5, 0.6) is 5.75 Å². The van der Waals surface area contributed by atoms with Crippen molar-refractivity contribution >= 4 is 33.3 Å². The minimum atomic E-state index is -3.73. The molecule has 35 heavy (non-hydrogen) atoms. The van der Waals surface area contributed by atoms with Gasteiger partial charge in [0.2, 0.25) is 5.91 Å². The van der Waals surface area contributed by atoms with Crippen LogP contribution in [0.1, 0.15) is 29.5 Å². The quantitative estimate of drug-likeness (QED) is 0.384. The SMILES string of the molecule is Cc1ccc(S(=O)(=O)N(C)c2ccc(OC(=O)CCC3Cc4ccccc4NC3=O)cc2)cc1C. The van der Waals surface area contributed by atoms with E-state index in [4.69, 9.17) is 4.74 Å². The highest BCUT2D eigenvalue weighted by molar-refractivity contribution is 7.92. The second-order valence-electron chi connectivity index (χ2n) is 8.77. The number of carbonyl (C=O) groups excluding carboxylic acids is 2. The Kier molecular flexibility index (Phi) is 6.93. The van der Waals surface area contributed by atoms with Crippen molar-refractivity contribution in [2.45, 2.75) is 38.0 Å². The van der Waals surface area contributed by atoms with Crippen LogP contribution in [-0.2, 0) is 26.0 Å². The Morgan fingerprint density at radius 3 is 2.46 bits per heavy atom.